The van der Waals surface area contributed by atoms with Crippen molar-refractivity contribution >= 4 is 23.1 Å². The monoisotopic (exact) mass is 394 g/mol. The predicted molar refractivity (Wildman–Crippen MR) is 90.7 cm³/mol. The molecule has 1 amide bonds. The van der Waals surface area contributed by atoms with E-state index >= 15 is 0 Å². The number of amides is 1. The summed E-state index contributed by atoms with van der Waals surface area (Å²) in [5, 5.41) is 4.76. The Morgan fingerprint density at radius 3 is 2.29 bits per heavy atom. The number of anilines is 3. The lowest BCUT2D eigenvalue weighted by Gasteiger charge is -2.10. The van der Waals surface area contributed by atoms with Crippen LogP contribution in [0.1, 0.15) is 16.3 Å². The van der Waals surface area contributed by atoms with Gasteiger partial charge in [0.05, 0.1) is 5.69 Å². The largest absolute Gasteiger partial charge is 0.340 e. The van der Waals surface area contributed by atoms with Crippen molar-refractivity contribution in [3.05, 3.63) is 77.0 Å². The smallest absolute Gasteiger partial charge is 0.274 e. The zero-order chi connectivity index (χ0) is 20.4. The third-order valence-electron chi connectivity index (χ3n) is 3.55. The second-order valence-electron chi connectivity index (χ2n) is 5.62. The van der Waals surface area contributed by atoms with E-state index in [-0.39, 0.29) is 23.0 Å². The van der Waals surface area contributed by atoms with Crippen molar-refractivity contribution in [3.8, 4) is 0 Å². The minimum atomic E-state index is -1.72. The number of benzene rings is 2. The van der Waals surface area contributed by atoms with Gasteiger partial charge in [0.25, 0.3) is 5.91 Å². The Kier molecular flexibility index (Phi) is 5.21. The number of nitrogens with one attached hydrogen (secondary N) is 2. The van der Waals surface area contributed by atoms with Crippen molar-refractivity contribution in [1.29, 1.82) is 0 Å². The second-order valence-corrected chi connectivity index (χ2v) is 5.62. The third kappa shape index (κ3) is 4.05. The van der Waals surface area contributed by atoms with E-state index in [2.05, 4.69) is 20.6 Å². The molecule has 3 rings (SSSR count). The summed E-state index contributed by atoms with van der Waals surface area (Å²) in [7, 11) is 0. The fourth-order valence-corrected chi connectivity index (χ4v) is 2.28. The van der Waals surface area contributed by atoms with Gasteiger partial charge in [0.15, 0.2) is 29.1 Å². The molecule has 0 radical (unpaired) electrons. The first-order valence-electron chi connectivity index (χ1n) is 7.77. The van der Waals surface area contributed by atoms with Crippen LogP contribution in [0.3, 0.4) is 0 Å². The fraction of sp³-hybridized carbons (Fsp3) is 0.0556. The Morgan fingerprint density at radius 1 is 0.857 bits per heavy atom. The molecule has 0 fully saturated rings. The van der Waals surface area contributed by atoms with E-state index in [1.54, 1.807) is 0 Å². The van der Waals surface area contributed by atoms with Crippen LogP contribution in [0.5, 0.6) is 0 Å². The molecule has 2 aromatic carbocycles. The van der Waals surface area contributed by atoms with Gasteiger partial charge in [-0.2, -0.15) is 0 Å². The quantitative estimate of drug-likeness (QED) is 0.506. The summed E-state index contributed by atoms with van der Waals surface area (Å²) in [5.41, 5.74) is -0.632. The molecule has 1 heterocycles. The first-order valence-corrected chi connectivity index (χ1v) is 7.77. The summed E-state index contributed by atoms with van der Waals surface area (Å²) < 4.78 is 66.3. The molecule has 28 heavy (non-hydrogen) atoms. The summed E-state index contributed by atoms with van der Waals surface area (Å²) in [6.45, 7) is 1.46. The number of hydrogen-bond donors (Lipinski definition) is 2. The second kappa shape index (κ2) is 7.59. The molecular weight excluding hydrogens is 383 g/mol. The molecule has 0 spiro atoms. The Bertz CT molecular complexity index is 1070. The lowest BCUT2D eigenvalue weighted by Crippen LogP contribution is -2.17. The molecule has 10 heteroatoms. The number of carbonyl (C=O) groups excluding carboxylic acids is 1. The van der Waals surface area contributed by atoms with E-state index in [0.717, 1.165) is 18.2 Å². The molecule has 2 N–H and O–H groups in total. The highest BCUT2D eigenvalue weighted by molar-refractivity contribution is 6.03. The van der Waals surface area contributed by atoms with Crippen LogP contribution in [0.2, 0.25) is 0 Å². The van der Waals surface area contributed by atoms with Crippen LogP contribution in [-0.4, -0.2) is 15.9 Å². The molecule has 0 saturated carbocycles. The van der Waals surface area contributed by atoms with E-state index in [9.17, 15) is 26.7 Å². The molecule has 0 unspecified atom stereocenters. The first-order chi connectivity index (χ1) is 13.2. The number of hydrogen-bond acceptors (Lipinski definition) is 4. The Balaban J connectivity index is 1.85. The van der Waals surface area contributed by atoms with Crippen molar-refractivity contribution in [2.45, 2.75) is 6.92 Å². The molecule has 5 nitrogen and oxygen atoms in total. The number of halogens is 5. The Labute approximate surface area is 155 Å². The number of aryl methyl sites for hydroxylation is 1. The molecular formula is C18H11F5N4O. The van der Waals surface area contributed by atoms with Gasteiger partial charge in [0, 0.05) is 17.8 Å². The summed E-state index contributed by atoms with van der Waals surface area (Å²) in [6, 6.07) is 5.75. The van der Waals surface area contributed by atoms with E-state index < -0.39 is 40.7 Å². The van der Waals surface area contributed by atoms with Gasteiger partial charge in [0.2, 0.25) is 0 Å². The number of nitrogens with zero attached hydrogens (tertiary/aromatic N) is 2. The van der Waals surface area contributed by atoms with E-state index in [1.165, 1.54) is 19.1 Å². The van der Waals surface area contributed by atoms with Crippen LogP contribution < -0.4 is 10.6 Å². The average molecular weight is 394 g/mol. The minimum absolute atomic E-state index is 0.0782. The van der Waals surface area contributed by atoms with Crippen molar-refractivity contribution in [3.63, 3.8) is 0 Å². The van der Waals surface area contributed by atoms with Gasteiger partial charge in [-0.1, -0.05) is 0 Å². The average Bonchev–Trinajstić information content (AvgIpc) is 2.64. The number of aromatic nitrogens is 2. The van der Waals surface area contributed by atoms with E-state index in [1.807, 2.05) is 0 Å². The Hall–Kier alpha value is -3.56. The normalized spacial score (nSPS) is 10.6. The topological polar surface area (TPSA) is 66.9 Å². The molecule has 0 aliphatic carbocycles. The summed E-state index contributed by atoms with van der Waals surface area (Å²) >= 11 is 0. The molecule has 3 aromatic rings. The molecule has 144 valence electrons. The van der Waals surface area contributed by atoms with Crippen LogP contribution in [0.25, 0.3) is 0 Å². The molecule has 0 atom stereocenters. The van der Waals surface area contributed by atoms with Gasteiger partial charge in [0.1, 0.15) is 17.3 Å². The molecule has 1 aromatic heterocycles. The van der Waals surface area contributed by atoms with Crippen molar-refractivity contribution in [1.82, 2.24) is 9.97 Å². The van der Waals surface area contributed by atoms with Crippen LogP contribution in [0.4, 0.5) is 39.1 Å². The zero-order valence-corrected chi connectivity index (χ0v) is 14.2. The van der Waals surface area contributed by atoms with Crippen LogP contribution in [0, 0.1) is 36.0 Å². The van der Waals surface area contributed by atoms with Crippen LogP contribution >= 0.6 is 0 Å². The van der Waals surface area contributed by atoms with Gasteiger partial charge in [-0.3, -0.25) is 4.79 Å². The Morgan fingerprint density at radius 2 is 1.57 bits per heavy atom. The van der Waals surface area contributed by atoms with Crippen molar-refractivity contribution < 1.29 is 26.7 Å². The fourth-order valence-electron chi connectivity index (χ4n) is 2.28. The lowest BCUT2D eigenvalue weighted by atomic mass is 10.2. The first kappa shape index (κ1) is 19.2. The SMILES string of the molecule is Cc1nc(Nc2ccc(F)c(F)c2)cc(C(=O)Nc2ccc(F)c(F)c2F)n1. The third-order valence-corrected chi connectivity index (χ3v) is 3.55. The highest BCUT2D eigenvalue weighted by Gasteiger charge is 2.17. The highest BCUT2D eigenvalue weighted by Crippen LogP contribution is 2.21. The van der Waals surface area contributed by atoms with Crippen molar-refractivity contribution in [2.24, 2.45) is 0 Å². The van der Waals surface area contributed by atoms with Gasteiger partial charge in [-0.05, 0) is 31.2 Å². The molecule has 0 aliphatic rings. The lowest BCUT2D eigenvalue weighted by molar-refractivity contribution is 0.102. The predicted octanol–water partition coefficient (Wildman–Crippen LogP) is 4.48. The number of rotatable bonds is 4. The molecule has 0 bridgehead atoms. The maximum absolute atomic E-state index is 13.7. The highest BCUT2D eigenvalue weighted by atomic mass is 19.2. The van der Waals surface area contributed by atoms with Crippen LogP contribution in [-0.2, 0) is 0 Å². The number of carbonyl (C=O) groups is 1. The van der Waals surface area contributed by atoms with Gasteiger partial charge >= 0.3 is 0 Å². The molecule has 0 saturated heterocycles. The maximum Gasteiger partial charge on any atom is 0.274 e. The summed E-state index contributed by atoms with van der Waals surface area (Å²) in [6.07, 6.45) is 0. The molecule has 0 aliphatic heterocycles. The van der Waals surface area contributed by atoms with Gasteiger partial charge in [-0.15, -0.1) is 0 Å². The maximum atomic E-state index is 13.7. The summed E-state index contributed by atoms with van der Waals surface area (Å²) in [5.74, 6) is -7.48. The standard InChI is InChI=1S/C18H11F5N4O/c1-8-24-14(18(28)27-13-5-4-11(20)16(22)17(13)23)7-15(25-8)26-9-2-3-10(19)12(21)6-9/h2-7H,1H3,(H,27,28)(H,24,25,26). The van der Waals surface area contributed by atoms with Crippen molar-refractivity contribution in [2.75, 3.05) is 10.6 Å². The summed E-state index contributed by atoms with van der Waals surface area (Å²) in [4.78, 5) is 20.2. The van der Waals surface area contributed by atoms with Gasteiger partial charge in [-0.25, -0.2) is 31.9 Å². The zero-order valence-electron chi connectivity index (χ0n) is 14.2. The van der Waals surface area contributed by atoms with Crippen LogP contribution in [0.15, 0.2) is 36.4 Å². The van der Waals surface area contributed by atoms with Gasteiger partial charge < -0.3 is 10.6 Å². The van der Waals surface area contributed by atoms with E-state index in [4.69, 9.17) is 0 Å². The van der Waals surface area contributed by atoms with E-state index in [0.29, 0.717) is 6.07 Å². The minimum Gasteiger partial charge on any atom is -0.340 e.